The van der Waals surface area contributed by atoms with Crippen molar-refractivity contribution in [3.8, 4) is 5.75 Å². The van der Waals surface area contributed by atoms with Crippen molar-refractivity contribution in [1.82, 2.24) is 4.90 Å². The summed E-state index contributed by atoms with van der Waals surface area (Å²) in [6.07, 6.45) is -0.728. The number of methoxy groups -OCH3 is 1. The first-order valence-electron chi connectivity index (χ1n) is 10.8. The number of amides is 3. The number of imide groups is 1. The Morgan fingerprint density at radius 2 is 1.80 bits per heavy atom. The van der Waals surface area contributed by atoms with Crippen LogP contribution in [-0.4, -0.2) is 48.7 Å². The lowest BCUT2D eigenvalue weighted by Crippen LogP contribution is -2.36. The van der Waals surface area contributed by atoms with Crippen molar-refractivity contribution in [2.75, 3.05) is 37.0 Å². The Morgan fingerprint density at radius 3 is 2.43 bits per heavy atom. The number of nitrogens with one attached hydrogen (secondary N) is 1. The monoisotopic (exact) mass is 505 g/mol. The van der Waals surface area contributed by atoms with Gasteiger partial charge in [-0.25, -0.2) is 0 Å². The summed E-state index contributed by atoms with van der Waals surface area (Å²) in [5.41, 5.74) is 0.637. The molecule has 11 heteroatoms. The Bertz CT molecular complexity index is 1180. The molecule has 0 spiro atoms. The highest BCUT2D eigenvalue weighted by Gasteiger charge is 2.37. The summed E-state index contributed by atoms with van der Waals surface area (Å²) in [4.78, 5) is 40.8. The zero-order valence-electron chi connectivity index (χ0n) is 18.7. The van der Waals surface area contributed by atoms with Gasteiger partial charge in [0.1, 0.15) is 12.3 Å². The van der Waals surface area contributed by atoms with Crippen molar-refractivity contribution in [3.05, 3.63) is 58.5 Å². The first-order valence-corrected chi connectivity index (χ1v) is 11.6. The number of benzene rings is 2. The average Bonchev–Trinajstić information content (AvgIpc) is 3.44. The van der Waals surface area contributed by atoms with Crippen LogP contribution in [0.3, 0.4) is 0 Å². The van der Waals surface area contributed by atoms with Crippen LogP contribution in [0, 0.1) is 0 Å². The van der Waals surface area contributed by atoms with Crippen LogP contribution in [0.5, 0.6) is 5.75 Å². The second kappa shape index (κ2) is 10.0. The Balaban J connectivity index is 1.44. The fraction of sp³-hybridized carbons (Fsp3) is 0.292. The van der Waals surface area contributed by atoms with E-state index in [4.69, 9.17) is 4.74 Å². The van der Waals surface area contributed by atoms with E-state index in [1.165, 1.54) is 7.11 Å². The predicted octanol–water partition coefficient (Wildman–Crippen LogP) is 4.99. The minimum absolute atomic E-state index is 0.0118. The van der Waals surface area contributed by atoms with Gasteiger partial charge < -0.3 is 15.0 Å². The van der Waals surface area contributed by atoms with Gasteiger partial charge in [-0.3, -0.25) is 19.3 Å². The predicted molar refractivity (Wildman–Crippen MR) is 127 cm³/mol. The zero-order chi connectivity index (χ0) is 25.2. The van der Waals surface area contributed by atoms with Gasteiger partial charge in [-0.2, -0.15) is 13.2 Å². The largest absolute Gasteiger partial charge is 0.495 e. The van der Waals surface area contributed by atoms with Crippen LogP contribution in [-0.2, 0) is 15.8 Å². The molecule has 4 rings (SSSR count). The molecule has 0 unspecified atom stereocenters. The maximum absolute atomic E-state index is 13.0. The lowest BCUT2D eigenvalue weighted by atomic mass is 10.1. The number of carbonyl (C=O) groups is 3. The van der Waals surface area contributed by atoms with Crippen molar-refractivity contribution in [2.24, 2.45) is 0 Å². The van der Waals surface area contributed by atoms with Gasteiger partial charge >= 0.3 is 6.18 Å². The van der Waals surface area contributed by atoms with Crippen LogP contribution in [0.25, 0.3) is 6.08 Å². The molecular formula is C24H22F3N3O4S. The number of halogens is 3. The SMILES string of the molecule is COc1ccc(C(F)(F)F)cc1NC(=O)CN1C(=O)S/C(=C\c2ccc(N3CCCC3)cc2)C1=O. The molecule has 35 heavy (non-hydrogen) atoms. The second-order valence-electron chi connectivity index (χ2n) is 8.01. The Morgan fingerprint density at radius 1 is 1.11 bits per heavy atom. The van der Waals surface area contributed by atoms with Crippen LogP contribution in [0.1, 0.15) is 24.0 Å². The smallest absolute Gasteiger partial charge is 0.416 e. The highest BCUT2D eigenvalue weighted by Crippen LogP contribution is 2.36. The maximum atomic E-state index is 13.0. The summed E-state index contributed by atoms with van der Waals surface area (Å²) >= 11 is 0.703. The molecule has 2 aromatic carbocycles. The van der Waals surface area contributed by atoms with E-state index in [9.17, 15) is 27.6 Å². The molecule has 7 nitrogen and oxygen atoms in total. The summed E-state index contributed by atoms with van der Waals surface area (Å²) in [5, 5.41) is 1.66. The summed E-state index contributed by atoms with van der Waals surface area (Å²) in [7, 11) is 1.25. The number of ether oxygens (including phenoxy) is 1. The van der Waals surface area contributed by atoms with Gasteiger partial charge in [0.15, 0.2) is 0 Å². The van der Waals surface area contributed by atoms with E-state index in [1.54, 1.807) is 6.08 Å². The van der Waals surface area contributed by atoms with E-state index in [2.05, 4.69) is 10.2 Å². The first kappa shape index (κ1) is 24.6. The molecule has 0 aromatic heterocycles. The maximum Gasteiger partial charge on any atom is 0.416 e. The molecule has 0 radical (unpaired) electrons. The van der Waals surface area contributed by atoms with E-state index in [-0.39, 0.29) is 16.3 Å². The van der Waals surface area contributed by atoms with Crippen molar-refractivity contribution in [1.29, 1.82) is 0 Å². The third kappa shape index (κ3) is 5.61. The molecule has 0 aliphatic carbocycles. The van der Waals surface area contributed by atoms with Gasteiger partial charge in [-0.05, 0) is 66.6 Å². The molecule has 2 fully saturated rings. The third-order valence-electron chi connectivity index (χ3n) is 5.64. The number of alkyl halides is 3. The van der Waals surface area contributed by atoms with Crippen molar-refractivity contribution >= 4 is 46.3 Å². The van der Waals surface area contributed by atoms with E-state index in [1.807, 2.05) is 24.3 Å². The first-order chi connectivity index (χ1) is 16.7. The van der Waals surface area contributed by atoms with E-state index in [0.29, 0.717) is 11.8 Å². The average molecular weight is 506 g/mol. The lowest BCUT2D eigenvalue weighted by molar-refractivity contribution is -0.137. The second-order valence-corrected chi connectivity index (χ2v) is 9.01. The van der Waals surface area contributed by atoms with Crippen molar-refractivity contribution < 1.29 is 32.3 Å². The third-order valence-corrected chi connectivity index (χ3v) is 6.55. The molecule has 2 aliphatic heterocycles. The highest BCUT2D eigenvalue weighted by atomic mass is 32.2. The fourth-order valence-electron chi connectivity index (χ4n) is 3.86. The molecule has 2 heterocycles. The molecule has 2 aliphatic rings. The van der Waals surface area contributed by atoms with Crippen LogP contribution in [0.4, 0.5) is 29.3 Å². The van der Waals surface area contributed by atoms with Crippen LogP contribution in [0.2, 0.25) is 0 Å². The standard InChI is InChI=1S/C24H22F3N3O4S/c1-34-19-9-6-16(24(25,26)27)13-18(19)28-21(31)14-30-22(32)20(35-23(30)33)12-15-4-7-17(8-5-15)29-10-2-3-11-29/h4-9,12-13H,2-3,10-11,14H2,1H3,(H,28,31)/b20-12-. The Kier molecular flexibility index (Phi) is 7.06. The Labute approximate surface area is 203 Å². The van der Waals surface area contributed by atoms with Crippen molar-refractivity contribution in [2.45, 2.75) is 19.0 Å². The molecule has 1 N–H and O–H groups in total. The minimum atomic E-state index is -4.62. The highest BCUT2D eigenvalue weighted by molar-refractivity contribution is 8.18. The van der Waals surface area contributed by atoms with E-state index >= 15 is 0 Å². The number of hydrogen-bond acceptors (Lipinski definition) is 6. The van der Waals surface area contributed by atoms with E-state index < -0.39 is 35.3 Å². The summed E-state index contributed by atoms with van der Waals surface area (Å²) < 4.78 is 44.1. The molecule has 2 aromatic rings. The molecule has 3 amide bonds. The fourth-order valence-corrected chi connectivity index (χ4v) is 4.70. The molecule has 0 atom stereocenters. The zero-order valence-corrected chi connectivity index (χ0v) is 19.5. The molecule has 0 bridgehead atoms. The number of thioether (sulfide) groups is 1. The molecule has 0 saturated carbocycles. The van der Waals surface area contributed by atoms with Gasteiger partial charge in [0.2, 0.25) is 5.91 Å². The number of nitrogens with zero attached hydrogens (tertiary/aromatic N) is 2. The van der Waals surface area contributed by atoms with Crippen LogP contribution < -0.4 is 15.0 Å². The number of carbonyl (C=O) groups excluding carboxylic acids is 3. The van der Waals surface area contributed by atoms with Gasteiger partial charge in [0.25, 0.3) is 11.1 Å². The summed E-state index contributed by atoms with van der Waals surface area (Å²) in [5.74, 6) is -1.46. The van der Waals surface area contributed by atoms with Crippen LogP contribution in [0.15, 0.2) is 47.4 Å². The lowest BCUT2D eigenvalue weighted by Gasteiger charge is -2.17. The summed E-state index contributed by atoms with van der Waals surface area (Å²) in [6.45, 7) is 1.37. The van der Waals surface area contributed by atoms with Gasteiger partial charge in [-0.15, -0.1) is 0 Å². The molecular weight excluding hydrogens is 483 g/mol. The van der Waals surface area contributed by atoms with Gasteiger partial charge in [-0.1, -0.05) is 12.1 Å². The van der Waals surface area contributed by atoms with Gasteiger partial charge in [0.05, 0.1) is 23.3 Å². The van der Waals surface area contributed by atoms with Crippen molar-refractivity contribution in [3.63, 3.8) is 0 Å². The number of hydrogen-bond donors (Lipinski definition) is 1. The topological polar surface area (TPSA) is 79.0 Å². The van der Waals surface area contributed by atoms with E-state index in [0.717, 1.165) is 60.3 Å². The number of anilines is 2. The minimum Gasteiger partial charge on any atom is -0.495 e. The Hall–Kier alpha value is -3.47. The number of rotatable bonds is 6. The van der Waals surface area contributed by atoms with Gasteiger partial charge in [0, 0.05) is 18.8 Å². The molecule has 2 saturated heterocycles. The van der Waals surface area contributed by atoms with Crippen LogP contribution >= 0.6 is 11.8 Å². The summed E-state index contributed by atoms with van der Waals surface area (Å²) in [6, 6.07) is 10.3. The normalized spacial score (nSPS) is 17.4. The quantitative estimate of drug-likeness (QED) is 0.558. The molecule has 184 valence electrons.